The van der Waals surface area contributed by atoms with Gasteiger partial charge in [-0.1, -0.05) is 36.4 Å². The molecule has 0 saturated carbocycles. The van der Waals surface area contributed by atoms with Crippen molar-refractivity contribution >= 4 is 46.9 Å². The maximum Gasteiger partial charge on any atom is 0.295 e. The first-order valence-corrected chi connectivity index (χ1v) is 16.5. The van der Waals surface area contributed by atoms with Crippen LogP contribution < -0.4 is 31.0 Å². The molecule has 1 unspecified atom stereocenters. The molecule has 12 heteroatoms. The van der Waals surface area contributed by atoms with E-state index in [1.54, 1.807) is 98.4 Å². The van der Waals surface area contributed by atoms with E-state index in [0.29, 0.717) is 39.7 Å². The zero-order valence-electron chi connectivity index (χ0n) is 28.2. The summed E-state index contributed by atoms with van der Waals surface area (Å²) in [7, 11) is 4.81. The van der Waals surface area contributed by atoms with Crippen LogP contribution >= 0.6 is 11.8 Å². The molecule has 0 aliphatic carbocycles. The van der Waals surface area contributed by atoms with Crippen molar-refractivity contribution in [1.82, 2.24) is 14.7 Å². The van der Waals surface area contributed by atoms with Gasteiger partial charge in [0.25, 0.3) is 17.4 Å². The second-order valence-corrected chi connectivity index (χ2v) is 12.6. The second kappa shape index (κ2) is 15.9. The fourth-order valence-electron chi connectivity index (χ4n) is 5.05. The topological polar surface area (TPSA) is 133 Å². The zero-order chi connectivity index (χ0) is 35.8. The minimum Gasteiger partial charge on any atom is -0.497 e. The van der Waals surface area contributed by atoms with E-state index >= 15 is 0 Å². The Hall–Kier alpha value is -6.01. The molecule has 1 heterocycles. The average molecular weight is 692 g/mol. The molecule has 0 spiro atoms. The predicted octanol–water partition coefficient (Wildman–Crippen LogP) is 6.03. The molecular weight excluding hydrogens is 655 g/mol. The number of benzene rings is 4. The largest absolute Gasteiger partial charge is 0.497 e. The number of amides is 3. The second-order valence-electron chi connectivity index (χ2n) is 11.2. The van der Waals surface area contributed by atoms with Gasteiger partial charge in [0.1, 0.15) is 22.9 Å². The highest BCUT2D eigenvalue weighted by Crippen LogP contribution is 2.28. The minimum atomic E-state index is -0.556. The number of ether oxygens (including phenoxy) is 2. The molecular formula is C38H37N5O6S. The lowest BCUT2D eigenvalue weighted by Gasteiger charge is -2.14. The Morgan fingerprint density at radius 3 is 2.14 bits per heavy atom. The molecule has 0 fully saturated rings. The Kier molecular flexibility index (Phi) is 11.2. The number of nitrogens with zero attached hydrogens (tertiary/aromatic N) is 2. The number of carbonyl (C=O) groups is 3. The number of hydrogen-bond acceptors (Lipinski definition) is 7. The van der Waals surface area contributed by atoms with Gasteiger partial charge in [-0.2, -0.15) is 0 Å². The summed E-state index contributed by atoms with van der Waals surface area (Å²) < 4.78 is 14.0. The molecule has 5 aromatic rings. The van der Waals surface area contributed by atoms with Crippen molar-refractivity contribution in [3.63, 3.8) is 0 Å². The summed E-state index contributed by atoms with van der Waals surface area (Å²) in [4.78, 5) is 53.8. The summed E-state index contributed by atoms with van der Waals surface area (Å²) in [6.45, 7) is 3.53. The van der Waals surface area contributed by atoms with Gasteiger partial charge in [0.2, 0.25) is 5.91 Å². The van der Waals surface area contributed by atoms with Crippen molar-refractivity contribution in [2.24, 2.45) is 7.05 Å². The summed E-state index contributed by atoms with van der Waals surface area (Å²) in [5.74, 6) is -0.309. The first-order valence-electron chi connectivity index (χ1n) is 15.6. The van der Waals surface area contributed by atoms with Crippen LogP contribution in [-0.2, 0) is 16.6 Å². The van der Waals surface area contributed by atoms with E-state index in [4.69, 9.17) is 9.47 Å². The number of anilines is 2. The third-order valence-corrected chi connectivity index (χ3v) is 8.98. The number of thioether (sulfide) groups is 1. The van der Waals surface area contributed by atoms with Crippen LogP contribution in [0.1, 0.15) is 28.5 Å². The van der Waals surface area contributed by atoms with E-state index in [-0.39, 0.29) is 22.9 Å². The Morgan fingerprint density at radius 2 is 1.50 bits per heavy atom. The molecule has 5 rings (SSSR count). The molecule has 1 atom stereocenters. The number of nitrogens with one attached hydrogen (secondary N) is 3. The maximum atomic E-state index is 13.6. The van der Waals surface area contributed by atoms with E-state index in [1.165, 1.54) is 36.7 Å². The average Bonchev–Trinajstić information content (AvgIpc) is 3.35. The Morgan fingerprint density at radius 1 is 0.840 bits per heavy atom. The maximum absolute atomic E-state index is 13.6. The van der Waals surface area contributed by atoms with Crippen molar-refractivity contribution in [1.29, 1.82) is 0 Å². The normalized spacial score (nSPS) is 11.7. The highest BCUT2D eigenvalue weighted by molar-refractivity contribution is 8.00. The molecule has 50 heavy (non-hydrogen) atoms. The number of carbonyl (C=O) groups excluding carboxylic acids is 3. The Bertz CT molecular complexity index is 2090. The van der Waals surface area contributed by atoms with E-state index in [0.717, 1.165) is 4.90 Å². The minimum absolute atomic E-state index is 0.00593. The fraction of sp³-hybridized carbons (Fsp3) is 0.158. The number of aromatic nitrogens is 2. The zero-order valence-corrected chi connectivity index (χ0v) is 29.0. The summed E-state index contributed by atoms with van der Waals surface area (Å²) in [5, 5.41) is 7.83. The van der Waals surface area contributed by atoms with Crippen molar-refractivity contribution in [2.75, 3.05) is 24.9 Å². The van der Waals surface area contributed by atoms with Gasteiger partial charge in [0.15, 0.2) is 0 Å². The molecule has 0 aliphatic rings. The molecule has 0 saturated heterocycles. The number of hydrogen-bond donors (Lipinski definition) is 3. The third-order valence-electron chi connectivity index (χ3n) is 7.87. The van der Waals surface area contributed by atoms with Crippen molar-refractivity contribution in [2.45, 2.75) is 24.0 Å². The first kappa shape index (κ1) is 35.3. The van der Waals surface area contributed by atoms with E-state index in [9.17, 15) is 19.2 Å². The monoisotopic (exact) mass is 691 g/mol. The van der Waals surface area contributed by atoms with Crippen LogP contribution in [0.3, 0.4) is 0 Å². The van der Waals surface area contributed by atoms with Crippen LogP contribution in [0.4, 0.5) is 11.4 Å². The van der Waals surface area contributed by atoms with Crippen LogP contribution in [0.5, 0.6) is 11.5 Å². The lowest BCUT2D eigenvalue weighted by Crippen LogP contribution is -2.30. The smallest absolute Gasteiger partial charge is 0.295 e. The molecule has 256 valence electrons. The van der Waals surface area contributed by atoms with Crippen LogP contribution in [0.2, 0.25) is 0 Å². The number of rotatable bonds is 12. The van der Waals surface area contributed by atoms with Gasteiger partial charge in [0.05, 0.1) is 30.9 Å². The van der Waals surface area contributed by atoms with Crippen molar-refractivity contribution < 1.29 is 23.9 Å². The summed E-state index contributed by atoms with van der Waals surface area (Å²) in [6.07, 6.45) is 1.53. The molecule has 4 aromatic carbocycles. The molecule has 11 nitrogen and oxygen atoms in total. The van der Waals surface area contributed by atoms with Gasteiger partial charge in [-0.25, -0.2) is 4.68 Å². The van der Waals surface area contributed by atoms with Crippen LogP contribution in [0.15, 0.2) is 119 Å². The third kappa shape index (κ3) is 8.16. The number of methoxy groups -OCH3 is 2. The Labute approximate surface area is 293 Å². The van der Waals surface area contributed by atoms with Gasteiger partial charge in [0, 0.05) is 34.8 Å². The lowest BCUT2D eigenvalue weighted by molar-refractivity contribution is -0.115. The predicted molar refractivity (Wildman–Crippen MR) is 196 cm³/mol. The van der Waals surface area contributed by atoms with Crippen LogP contribution in [0, 0.1) is 6.92 Å². The van der Waals surface area contributed by atoms with Crippen molar-refractivity contribution in [3.8, 4) is 17.2 Å². The van der Waals surface area contributed by atoms with Gasteiger partial charge in [-0.3, -0.25) is 23.9 Å². The SMILES string of the molecule is COc1ccc(/C=C(\NC(=O)c2ccccc2)C(=O)Nc2ccc(SC(C)C(=O)Nc3c(C)n(C)n(-c4ccccc4)c3=O)cc2)c(OC)c1. The Balaban J connectivity index is 1.29. The van der Waals surface area contributed by atoms with E-state index < -0.39 is 17.1 Å². The molecule has 3 amide bonds. The van der Waals surface area contributed by atoms with Crippen molar-refractivity contribution in [3.05, 3.63) is 136 Å². The molecule has 0 aliphatic heterocycles. The molecule has 0 radical (unpaired) electrons. The molecule has 3 N–H and O–H groups in total. The number of para-hydroxylation sites is 1. The summed E-state index contributed by atoms with van der Waals surface area (Å²) >= 11 is 1.31. The summed E-state index contributed by atoms with van der Waals surface area (Å²) in [6, 6.07) is 29.9. The highest BCUT2D eigenvalue weighted by atomic mass is 32.2. The van der Waals surface area contributed by atoms with Crippen LogP contribution in [0.25, 0.3) is 11.8 Å². The van der Waals surface area contributed by atoms with Gasteiger partial charge >= 0.3 is 0 Å². The highest BCUT2D eigenvalue weighted by Gasteiger charge is 2.22. The molecule has 0 bridgehead atoms. The van der Waals surface area contributed by atoms with Gasteiger partial charge in [-0.05, 0) is 80.6 Å². The van der Waals surface area contributed by atoms with Gasteiger partial charge in [-0.15, -0.1) is 11.8 Å². The van der Waals surface area contributed by atoms with E-state index in [1.807, 2.05) is 30.3 Å². The standard InChI is InChI=1S/C38H37N5O6S/c1-24-34(38(47)43(42(24)3)29-14-10-7-11-15-29)41-35(44)25(2)50-31-20-17-28(18-21-31)39-37(46)32(40-36(45)26-12-8-6-9-13-26)22-27-16-19-30(48-4)23-33(27)49-5/h6-23,25H,1-5H3,(H,39,46)(H,40,45)(H,41,44)/b32-22-. The van der Waals surface area contributed by atoms with Crippen LogP contribution in [-0.4, -0.2) is 46.6 Å². The van der Waals surface area contributed by atoms with E-state index in [2.05, 4.69) is 16.0 Å². The first-order chi connectivity index (χ1) is 24.1. The fourth-order valence-corrected chi connectivity index (χ4v) is 5.91. The van der Waals surface area contributed by atoms with Gasteiger partial charge < -0.3 is 25.4 Å². The summed E-state index contributed by atoms with van der Waals surface area (Å²) in [5.41, 5.74) is 2.63. The molecule has 1 aromatic heterocycles. The lowest BCUT2D eigenvalue weighted by atomic mass is 10.1. The quantitative estimate of drug-likeness (QED) is 0.108.